The largest absolute Gasteiger partial charge is 0.451 e. The molecule has 0 fully saturated rings. The van der Waals surface area contributed by atoms with Crippen LogP contribution in [0.25, 0.3) is 11.0 Å². The van der Waals surface area contributed by atoms with Crippen LogP contribution in [-0.2, 0) is 9.84 Å². The van der Waals surface area contributed by atoms with E-state index in [2.05, 4.69) is 21.1 Å². The quantitative estimate of drug-likeness (QED) is 0.156. The summed E-state index contributed by atoms with van der Waals surface area (Å²) in [4.78, 5) is 23.1. The summed E-state index contributed by atoms with van der Waals surface area (Å²) < 4.78 is 32.3. The van der Waals surface area contributed by atoms with Crippen molar-refractivity contribution in [1.29, 1.82) is 0 Å². The molecule has 12 heteroatoms. The molecule has 188 valence electrons. The summed E-state index contributed by atoms with van der Waals surface area (Å²) in [6, 6.07) is 20.0. The van der Waals surface area contributed by atoms with Gasteiger partial charge in [-0.3, -0.25) is 20.3 Å². The highest BCUT2D eigenvalue weighted by Gasteiger charge is 2.26. The van der Waals surface area contributed by atoms with Gasteiger partial charge in [0.15, 0.2) is 5.76 Å². The summed E-state index contributed by atoms with van der Waals surface area (Å²) in [5.74, 6) is -0.612. The van der Waals surface area contributed by atoms with E-state index in [4.69, 9.17) is 4.42 Å². The minimum atomic E-state index is -4.16. The summed E-state index contributed by atoms with van der Waals surface area (Å²) in [6.45, 7) is 3.11. The van der Waals surface area contributed by atoms with Gasteiger partial charge in [-0.1, -0.05) is 36.4 Å². The van der Waals surface area contributed by atoms with Crippen molar-refractivity contribution in [2.45, 2.75) is 18.7 Å². The Morgan fingerprint density at radius 2 is 1.59 bits per heavy atom. The fraction of sp³-hybridized carbons (Fsp3) is 0.0800. The van der Waals surface area contributed by atoms with E-state index >= 15 is 0 Å². The first kappa shape index (κ1) is 25.3. The second-order valence-corrected chi connectivity index (χ2v) is 9.70. The first-order valence-corrected chi connectivity index (χ1v) is 12.4. The van der Waals surface area contributed by atoms with E-state index < -0.39 is 25.7 Å². The van der Waals surface area contributed by atoms with E-state index in [1.807, 2.05) is 12.1 Å². The lowest BCUT2D eigenvalue weighted by Gasteiger charge is -2.09. The molecule has 4 rings (SSSR count). The third kappa shape index (κ3) is 5.38. The molecular formula is C25H21N5O6S. The standard InChI is InChI=1S/C25H21N5O6S/c1-16-21-10-6-7-11-22(21)36-23(16)24(31)28-26-17(2)25(37(34,35)20-8-4-3-5-9-20)29-27-18-12-14-19(15-13-18)30(32)33/h3-15,27H,1-2H3,(H,28,31)/b26-17+,29-25-. The highest BCUT2D eigenvalue weighted by atomic mass is 32.2. The molecule has 0 saturated heterocycles. The molecule has 0 bridgehead atoms. The molecule has 3 aromatic carbocycles. The van der Waals surface area contributed by atoms with Gasteiger partial charge < -0.3 is 4.42 Å². The third-order valence-corrected chi connectivity index (χ3v) is 7.15. The number of furan rings is 1. The molecule has 0 aliphatic rings. The van der Waals surface area contributed by atoms with Crippen LogP contribution < -0.4 is 10.9 Å². The molecule has 0 saturated carbocycles. The van der Waals surface area contributed by atoms with Gasteiger partial charge in [0.25, 0.3) is 5.69 Å². The number of rotatable bonds is 7. The number of non-ortho nitro benzene ring substituents is 1. The Kier molecular flexibility index (Phi) is 7.11. The summed E-state index contributed by atoms with van der Waals surface area (Å²) in [5, 5.41) is 19.2. The van der Waals surface area contributed by atoms with Crippen LogP contribution in [0, 0.1) is 17.0 Å². The fourth-order valence-corrected chi connectivity index (χ4v) is 4.78. The molecule has 37 heavy (non-hydrogen) atoms. The first-order chi connectivity index (χ1) is 17.7. The number of fused-ring (bicyclic) bond motifs is 1. The monoisotopic (exact) mass is 519 g/mol. The molecular weight excluding hydrogens is 498 g/mol. The number of anilines is 1. The van der Waals surface area contributed by atoms with Crippen molar-refractivity contribution in [1.82, 2.24) is 5.43 Å². The lowest BCUT2D eigenvalue weighted by molar-refractivity contribution is -0.384. The van der Waals surface area contributed by atoms with Gasteiger partial charge in [-0.15, -0.1) is 0 Å². The van der Waals surface area contributed by atoms with Gasteiger partial charge in [0, 0.05) is 23.1 Å². The van der Waals surface area contributed by atoms with Crippen molar-refractivity contribution in [2.24, 2.45) is 10.2 Å². The topological polar surface area (TPSA) is 156 Å². The number of para-hydroxylation sites is 1. The molecule has 0 aliphatic carbocycles. The predicted molar refractivity (Wildman–Crippen MR) is 139 cm³/mol. The van der Waals surface area contributed by atoms with E-state index in [1.165, 1.54) is 43.3 Å². The zero-order valence-electron chi connectivity index (χ0n) is 19.7. The van der Waals surface area contributed by atoms with Gasteiger partial charge in [0.05, 0.1) is 21.2 Å². The van der Waals surface area contributed by atoms with Gasteiger partial charge in [0.2, 0.25) is 14.9 Å². The maximum atomic E-state index is 13.4. The Hall–Kier alpha value is -4.84. The Bertz CT molecular complexity index is 1640. The second kappa shape index (κ2) is 10.4. The van der Waals surface area contributed by atoms with Crippen molar-refractivity contribution in [2.75, 3.05) is 5.43 Å². The average Bonchev–Trinajstić information content (AvgIpc) is 3.24. The van der Waals surface area contributed by atoms with E-state index in [0.29, 0.717) is 16.8 Å². The highest BCUT2D eigenvalue weighted by Crippen LogP contribution is 2.25. The van der Waals surface area contributed by atoms with Crippen LogP contribution in [0.15, 0.2) is 98.4 Å². The molecule has 11 nitrogen and oxygen atoms in total. The molecule has 1 amide bonds. The highest BCUT2D eigenvalue weighted by molar-refractivity contribution is 8.08. The van der Waals surface area contributed by atoms with Gasteiger partial charge in [-0.2, -0.15) is 10.2 Å². The summed E-state index contributed by atoms with van der Waals surface area (Å²) >= 11 is 0. The van der Waals surface area contributed by atoms with Crippen LogP contribution in [0.3, 0.4) is 0 Å². The molecule has 0 radical (unpaired) electrons. The zero-order valence-corrected chi connectivity index (χ0v) is 20.5. The third-order valence-electron chi connectivity index (χ3n) is 5.36. The van der Waals surface area contributed by atoms with Gasteiger partial charge >= 0.3 is 5.91 Å². The van der Waals surface area contributed by atoms with E-state index in [0.717, 1.165) is 5.39 Å². The number of nitrogens with zero attached hydrogens (tertiary/aromatic N) is 3. The molecule has 1 aromatic heterocycles. The van der Waals surface area contributed by atoms with E-state index in [1.54, 1.807) is 37.3 Å². The normalized spacial score (nSPS) is 12.4. The van der Waals surface area contributed by atoms with Crippen molar-refractivity contribution in [3.05, 3.63) is 100 Å². The SMILES string of the molecule is CC(=N\NC(=O)c1oc2ccccc2c1C)/C(=N/Nc1ccc([N+](=O)[O-])cc1)S(=O)(=O)c1ccccc1. The average molecular weight is 520 g/mol. The van der Waals surface area contributed by atoms with Crippen molar-refractivity contribution in [3.63, 3.8) is 0 Å². The molecule has 4 aromatic rings. The summed E-state index contributed by atoms with van der Waals surface area (Å²) in [5.41, 5.74) is 6.13. The van der Waals surface area contributed by atoms with Crippen molar-refractivity contribution in [3.8, 4) is 0 Å². The van der Waals surface area contributed by atoms with Crippen LogP contribution in [0.2, 0.25) is 0 Å². The molecule has 2 N–H and O–H groups in total. The predicted octanol–water partition coefficient (Wildman–Crippen LogP) is 4.65. The number of hydrogen-bond donors (Lipinski definition) is 2. The number of nitro groups is 1. The number of carbonyl (C=O) groups is 1. The summed E-state index contributed by atoms with van der Waals surface area (Å²) in [7, 11) is -4.16. The number of benzene rings is 3. The second-order valence-electron chi connectivity index (χ2n) is 7.84. The van der Waals surface area contributed by atoms with Crippen LogP contribution in [-0.4, -0.2) is 30.0 Å². The number of sulfone groups is 1. The molecule has 1 heterocycles. The lowest BCUT2D eigenvalue weighted by Crippen LogP contribution is -2.28. The number of carbonyl (C=O) groups excluding carboxylic acids is 1. The number of hydrogen-bond acceptors (Lipinski definition) is 9. The van der Waals surface area contributed by atoms with Crippen LogP contribution >= 0.6 is 0 Å². The lowest BCUT2D eigenvalue weighted by atomic mass is 10.1. The van der Waals surface area contributed by atoms with E-state index in [9.17, 15) is 23.3 Å². The van der Waals surface area contributed by atoms with Crippen LogP contribution in [0.5, 0.6) is 0 Å². The number of aryl methyl sites for hydroxylation is 1. The smallest absolute Gasteiger partial charge is 0.307 e. The Morgan fingerprint density at radius 1 is 0.946 bits per heavy atom. The van der Waals surface area contributed by atoms with Gasteiger partial charge in [0.1, 0.15) is 5.58 Å². The Balaban J connectivity index is 1.65. The Morgan fingerprint density at radius 3 is 2.24 bits per heavy atom. The van der Waals surface area contributed by atoms with Crippen LogP contribution in [0.4, 0.5) is 11.4 Å². The van der Waals surface area contributed by atoms with Crippen molar-refractivity contribution < 1.29 is 22.6 Å². The van der Waals surface area contributed by atoms with Crippen molar-refractivity contribution >= 4 is 48.8 Å². The zero-order chi connectivity index (χ0) is 26.6. The van der Waals surface area contributed by atoms with Gasteiger partial charge in [-0.25, -0.2) is 13.8 Å². The van der Waals surface area contributed by atoms with Gasteiger partial charge in [-0.05, 0) is 44.2 Å². The maximum absolute atomic E-state index is 13.4. The number of amides is 1. The maximum Gasteiger partial charge on any atom is 0.307 e. The first-order valence-electron chi connectivity index (χ1n) is 10.9. The number of nitrogens with one attached hydrogen (secondary N) is 2. The number of nitro benzene ring substituents is 1. The minimum absolute atomic E-state index is 0.0340. The van der Waals surface area contributed by atoms with E-state index in [-0.39, 0.29) is 22.1 Å². The molecule has 0 spiro atoms. The fourth-order valence-electron chi connectivity index (χ4n) is 3.44. The Labute approximate surface area is 211 Å². The molecule has 0 atom stereocenters. The summed E-state index contributed by atoms with van der Waals surface area (Å²) in [6.07, 6.45) is 0. The molecule has 0 unspecified atom stereocenters. The molecule has 0 aliphatic heterocycles. The number of hydrazone groups is 2. The van der Waals surface area contributed by atoms with Crippen LogP contribution in [0.1, 0.15) is 23.0 Å². The minimum Gasteiger partial charge on any atom is -0.451 e.